The number of carbonyl (C=O) groups is 1. The van der Waals surface area contributed by atoms with Crippen LogP contribution in [-0.2, 0) is 4.79 Å². The van der Waals surface area contributed by atoms with Crippen LogP contribution in [0, 0.1) is 0 Å². The van der Waals surface area contributed by atoms with E-state index in [0.29, 0.717) is 18.1 Å². The van der Waals surface area contributed by atoms with Gasteiger partial charge in [-0.05, 0) is 25.5 Å². The van der Waals surface area contributed by atoms with E-state index in [4.69, 9.17) is 14.6 Å². The zero-order chi connectivity index (χ0) is 13.4. The van der Waals surface area contributed by atoms with E-state index >= 15 is 0 Å². The van der Waals surface area contributed by atoms with E-state index in [0.717, 1.165) is 19.3 Å². The summed E-state index contributed by atoms with van der Waals surface area (Å²) in [4.78, 5) is 10.7. The average Bonchev–Trinajstić information content (AvgIpc) is 2.36. The van der Waals surface area contributed by atoms with Crippen molar-refractivity contribution in [3.8, 4) is 11.5 Å². The Labute approximate surface area is 108 Å². The van der Waals surface area contributed by atoms with E-state index in [1.165, 1.54) is 6.92 Å². The van der Waals surface area contributed by atoms with Gasteiger partial charge >= 0.3 is 5.97 Å². The molecule has 100 valence electrons. The van der Waals surface area contributed by atoms with Crippen molar-refractivity contribution in [2.45, 2.75) is 39.2 Å². The Kier molecular flexibility index (Phi) is 6.05. The number of benzene rings is 1. The van der Waals surface area contributed by atoms with Crippen molar-refractivity contribution in [3.63, 3.8) is 0 Å². The molecule has 1 rings (SSSR count). The maximum Gasteiger partial charge on any atom is 0.344 e. The number of hydrogen-bond acceptors (Lipinski definition) is 3. The number of rotatable bonds is 8. The Hall–Kier alpha value is -1.71. The number of carboxylic acid groups (broad SMARTS) is 1. The molecular weight excluding hydrogens is 232 g/mol. The predicted molar refractivity (Wildman–Crippen MR) is 69.2 cm³/mol. The third kappa shape index (κ3) is 4.65. The Balaban J connectivity index is 2.58. The van der Waals surface area contributed by atoms with Gasteiger partial charge in [0.05, 0.1) is 6.61 Å². The molecule has 0 bridgehead atoms. The summed E-state index contributed by atoms with van der Waals surface area (Å²) in [6.07, 6.45) is 2.36. The summed E-state index contributed by atoms with van der Waals surface area (Å²) in [5.41, 5.74) is 0. The summed E-state index contributed by atoms with van der Waals surface area (Å²) >= 11 is 0. The van der Waals surface area contributed by atoms with Crippen LogP contribution >= 0.6 is 0 Å². The number of hydrogen-bond donors (Lipinski definition) is 1. The van der Waals surface area contributed by atoms with Gasteiger partial charge in [0.2, 0.25) is 0 Å². The number of unbranched alkanes of at least 4 members (excludes halogenated alkanes) is 2. The van der Waals surface area contributed by atoms with E-state index in [2.05, 4.69) is 6.92 Å². The maximum atomic E-state index is 10.7. The standard InChI is InChI=1S/C14H20O4/c1-3-4-7-10-17-12-8-5-6-9-13(12)18-11(2)14(15)16/h5-6,8-9,11H,3-4,7,10H2,1-2H3,(H,15,16). The first-order valence-corrected chi connectivity index (χ1v) is 6.26. The minimum absolute atomic E-state index is 0.476. The van der Waals surface area contributed by atoms with Crippen LogP contribution in [0.1, 0.15) is 33.1 Å². The molecule has 1 N–H and O–H groups in total. The predicted octanol–water partition coefficient (Wildman–Crippen LogP) is 3.11. The minimum atomic E-state index is -0.990. The molecule has 0 radical (unpaired) electrons. The Morgan fingerprint density at radius 1 is 1.28 bits per heavy atom. The SMILES string of the molecule is CCCCCOc1ccccc1OC(C)C(=O)O. The number of carboxylic acids is 1. The first-order chi connectivity index (χ1) is 8.65. The normalized spacial score (nSPS) is 11.9. The molecule has 0 heterocycles. The van der Waals surface area contributed by atoms with Crippen LogP contribution in [0.15, 0.2) is 24.3 Å². The topological polar surface area (TPSA) is 55.8 Å². The second-order valence-electron chi connectivity index (χ2n) is 4.10. The van der Waals surface area contributed by atoms with Gasteiger partial charge in [-0.25, -0.2) is 4.79 Å². The van der Waals surface area contributed by atoms with Crippen LogP contribution in [0.2, 0.25) is 0 Å². The van der Waals surface area contributed by atoms with Crippen molar-refractivity contribution in [2.24, 2.45) is 0 Å². The van der Waals surface area contributed by atoms with Crippen LogP contribution in [-0.4, -0.2) is 23.8 Å². The van der Waals surface area contributed by atoms with Crippen LogP contribution in [0.4, 0.5) is 0 Å². The summed E-state index contributed by atoms with van der Waals surface area (Å²) < 4.78 is 10.9. The van der Waals surface area contributed by atoms with Crippen molar-refractivity contribution < 1.29 is 19.4 Å². The minimum Gasteiger partial charge on any atom is -0.490 e. The van der Waals surface area contributed by atoms with Crippen molar-refractivity contribution in [1.29, 1.82) is 0 Å². The zero-order valence-corrected chi connectivity index (χ0v) is 10.9. The fourth-order valence-electron chi connectivity index (χ4n) is 1.44. The monoisotopic (exact) mass is 252 g/mol. The van der Waals surface area contributed by atoms with Crippen molar-refractivity contribution in [3.05, 3.63) is 24.3 Å². The molecule has 0 saturated carbocycles. The third-order valence-electron chi connectivity index (χ3n) is 2.51. The number of para-hydroxylation sites is 2. The van der Waals surface area contributed by atoms with Gasteiger partial charge in [0, 0.05) is 0 Å². The second-order valence-corrected chi connectivity index (χ2v) is 4.10. The van der Waals surface area contributed by atoms with Gasteiger partial charge in [0.25, 0.3) is 0 Å². The highest BCUT2D eigenvalue weighted by molar-refractivity contribution is 5.72. The molecule has 0 amide bonds. The summed E-state index contributed by atoms with van der Waals surface area (Å²) in [5.74, 6) is 0.0846. The second kappa shape index (κ2) is 7.58. The lowest BCUT2D eigenvalue weighted by Gasteiger charge is -2.14. The van der Waals surface area contributed by atoms with Crippen molar-refractivity contribution in [2.75, 3.05) is 6.61 Å². The molecule has 4 heteroatoms. The Bertz CT molecular complexity index is 376. The molecule has 18 heavy (non-hydrogen) atoms. The summed E-state index contributed by atoms with van der Waals surface area (Å²) in [5, 5.41) is 8.81. The van der Waals surface area contributed by atoms with Crippen molar-refractivity contribution >= 4 is 5.97 Å². The molecule has 0 fully saturated rings. The quantitative estimate of drug-likeness (QED) is 0.722. The number of aliphatic carboxylic acids is 1. The lowest BCUT2D eigenvalue weighted by Crippen LogP contribution is -2.23. The molecule has 0 aliphatic carbocycles. The largest absolute Gasteiger partial charge is 0.490 e. The summed E-state index contributed by atoms with van der Waals surface area (Å²) in [6.45, 7) is 4.25. The van der Waals surface area contributed by atoms with Crippen LogP contribution in [0.3, 0.4) is 0 Å². The van der Waals surface area contributed by atoms with Gasteiger partial charge in [-0.1, -0.05) is 31.9 Å². The van der Waals surface area contributed by atoms with Gasteiger partial charge in [0.1, 0.15) is 0 Å². The smallest absolute Gasteiger partial charge is 0.344 e. The number of ether oxygens (including phenoxy) is 2. The maximum absolute atomic E-state index is 10.7. The van der Waals surface area contributed by atoms with Gasteiger partial charge in [-0.15, -0.1) is 0 Å². The first-order valence-electron chi connectivity index (χ1n) is 6.26. The van der Waals surface area contributed by atoms with E-state index in [-0.39, 0.29) is 0 Å². The highest BCUT2D eigenvalue weighted by Gasteiger charge is 2.14. The molecular formula is C14H20O4. The molecule has 4 nitrogen and oxygen atoms in total. The van der Waals surface area contributed by atoms with Crippen molar-refractivity contribution in [1.82, 2.24) is 0 Å². The zero-order valence-electron chi connectivity index (χ0n) is 10.9. The van der Waals surface area contributed by atoms with Gasteiger partial charge < -0.3 is 14.6 Å². The lowest BCUT2D eigenvalue weighted by atomic mass is 10.2. The van der Waals surface area contributed by atoms with Gasteiger partial charge in [-0.2, -0.15) is 0 Å². The Morgan fingerprint density at radius 2 is 1.94 bits per heavy atom. The third-order valence-corrected chi connectivity index (χ3v) is 2.51. The fourth-order valence-corrected chi connectivity index (χ4v) is 1.44. The molecule has 0 saturated heterocycles. The molecule has 0 aliphatic heterocycles. The van der Waals surface area contributed by atoms with E-state index < -0.39 is 12.1 Å². The molecule has 1 aromatic rings. The molecule has 0 aromatic heterocycles. The molecule has 0 spiro atoms. The van der Waals surface area contributed by atoms with E-state index in [9.17, 15) is 4.79 Å². The first kappa shape index (κ1) is 14.4. The highest BCUT2D eigenvalue weighted by Crippen LogP contribution is 2.27. The van der Waals surface area contributed by atoms with E-state index in [1.54, 1.807) is 18.2 Å². The summed E-state index contributed by atoms with van der Waals surface area (Å²) in [6, 6.07) is 7.14. The Morgan fingerprint density at radius 3 is 2.56 bits per heavy atom. The molecule has 1 unspecified atom stereocenters. The fraction of sp³-hybridized carbons (Fsp3) is 0.500. The molecule has 1 atom stereocenters. The van der Waals surface area contributed by atoms with Crippen LogP contribution in [0.25, 0.3) is 0 Å². The van der Waals surface area contributed by atoms with Gasteiger partial charge in [-0.3, -0.25) is 0 Å². The van der Waals surface area contributed by atoms with Gasteiger partial charge in [0.15, 0.2) is 17.6 Å². The van der Waals surface area contributed by atoms with Crippen LogP contribution in [0.5, 0.6) is 11.5 Å². The van der Waals surface area contributed by atoms with Crippen LogP contribution < -0.4 is 9.47 Å². The average molecular weight is 252 g/mol. The van der Waals surface area contributed by atoms with E-state index in [1.807, 2.05) is 6.07 Å². The molecule has 0 aliphatic rings. The summed E-state index contributed by atoms with van der Waals surface area (Å²) in [7, 11) is 0. The lowest BCUT2D eigenvalue weighted by molar-refractivity contribution is -0.144. The molecule has 1 aromatic carbocycles. The highest BCUT2D eigenvalue weighted by atomic mass is 16.5.